The van der Waals surface area contributed by atoms with Gasteiger partial charge in [0.25, 0.3) is 5.56 Å². The Hall–Kier alpha value is -2.71. The molecule has 25 heavy (non-hydrogen) atoms. The molecule has 2 aromatic heterocycles. The van der Waals surface area contributed by atoms with Gasteiger partial charge in [0.1, 0.15) is 5.69 Å². The predicted octanol–water partition coefficient (Wildman–Crippen LogP) is 1.62. The molecule has 130 valence electrons. The molecule has 0 unspecified atom stereocenters. The normalized spacial score (nSPS) is 11.5. The van der Waals surface area contributed by atoms with Gasteiger partial charge >= 0.3 is 0 Å². The summed E-state index contributed by atoms with van der Waals surface area (Å²) in [6.45, 7) is 0.199. The first-order valence-corrected chi connectivity index (χ1v) is 9.32. The highest BCUT2D eigenvalue weighted by Crippen LogP contribution is 2.14. The van der Waals surface area contributed by atoms with E-state index < -0.39 is 10.0 Å². The maximum atomic E-state index is 12.1. The van der Waals surface area contributed by atoms with E-state index in [0.29, 0.717) is 17.0 Å². The molecule has 0 saturated heterocycles. The van der Waals surface area contributed by atoms with E-state index in [1.54, 1.807) is 42.5 Å². The fraction of sp³-hybridized carbons (Fsp3) is 0.176. The fourth-order valence-corrected chi connectivity index (χ4v) is 3.45. The average molecular weight is 359 g/mol. The minimum atomic E-state index is -3.48. The zero-order valence-corrected chi connectivity index (χ0v) is 14.1. The van der Waals surface area contributed by atoms with Crippen LogP contribution in [-0.4, -0.2) is 24.7 Å². The second kappa shape index (κ2) is 7.45. The summed E-state index contributed by atoms with van der Waals surface area (Å²) < 4.78 is 33.1. The average Bonchev–Trinajstić information content (AvgIpc) is 3.11. The maximum absolute atomic E-state index is 12.1. The Labute approximate surface area is 145 Å². The van der Waals surface area contributed by atoms with Gasteiger partial charge < -0.3 is 4.42 Å². The summed E-state index contributed by atoms with van der Waals surface area (Å²) >= 11 is 0. The molecule has 0 spiro atoms. The highest BCUT2D eigenvalue weighted by Gasteiger charge is 2.11. The number of hydrogen-bond acceptors (Lipinski definition) is 5. The number of furan rings is 1. The van der Waals surface area contributed by atoms with E-state index in [0.717, 1.165) is 0 Å². The van der Waals surface area contributed by atoms with E-state index >= 15 is 0 Å². The first kappa shape index (κ1) is 17.1. The molecule has 1 aromatic carbocycles. The number of aromatic nitrogens is 2. The molecule has 0 amide bonds. The summed E-state index contributed by atoms with van der Waals surface area (Å²) in [7, 11) is -3.48. The van der Waals surface area contributed by atoms with Crippen LogP contribution in [0, 0.1) is 0 Å². The van der Waals surface area contributed by atoms with Crippen molar-refractivity contribution in [3.63, 3.8) is 0 Å². The van der Waals surface area contributed by atoms with Gasteiger partial charge in [0.2, 0.25) is 10.0 Å². The number of rotatable bonds is 7. The van der Waals surface area contributed by atoms with Gasteiger partial charge in [-0.2, -0.15) is 5.10 Å². The summed E-state index contributed by atoms with van der Waals surface area (Å²) in [5.74, 6) is 0.432. The van der Waals surface area contributed by atoms with E-state index in [1.165, 1.54) is 17.0 Å². The molecule has 0 saturated carbocycles. The smallest absolute Gasteiger partial charge is 0.266 e. The zero-order valence-electron chi connectivity index (χ0n) is 13.3. The molecular weight excluding hydrogens is 342 g/mol. The van der Waals surface area contributed by atoms with Crippen molar-refractivity contribution in [2.24, 2.45) is 0 Å². The van der Waals surface area contributed by atoms with Gasteiger partial charge in [0.05, 0.1) is 18.6 Å². The molecule has 0 aliphatic rings. The van der Waals surface area contributed by atoms with E-state index in [-0.39, 0.29) is 24.4 Å². The molecule has 0 atom stereocenters. The van der Waals surface area contributed by atoms with Gasteiger partial charge in [-0.05, 0) is 23.8 Å². The lowest BCUT2D eigenvalue weighted by Crippen LogP contribution is -2.32. The third-order valence-corrected chi connectivity index (χ3v) is 4.84. The summed E-state index contributed by atoms with van der Waals surface area (Å²) in [5.41, 5.74) is 0.902. The third kappa shape index (κ3) is 4.65. The lowest BCUT2D eigenvalue weighted by Gasteiger charge is -2.08. The molecule has 0 aliphatic carbocycles. The maximum Gasteiger partial charge on any atom is 0.266 e. The van der Waals surface area contributed by atoms with Gasteiger partial charge in [0.15, 0.2) is 5.76 Å². The van der Waals surface area contributed by atoms with Crippen LogP contribution in [0.25, 0.3) is 11.5 Å². The van der Waals surface area contributed by atoms with Crippen LogP contribution in [-0.2, 0) is 22.3 Å². The molecule has 0 fully saturated rings. The quantitative estimate of drug-likeness (QED) is 0.692. The van der Waals surface area contributed by atoms with Crippen LogP contribution in [0.15, 0.2) is 70.1 Å². The lowest BCUT2D eigenvalue weighted by atomic mass is 10.2. The van der Waals surface area contributed by atoms with Gasteiger partial charge in [0, 0.05) is 12.6 Å². The standard InChI is InChI=1S/C17H17N3O4S/c21-17-9-8-15(16-7-4-12-24-16)19-20(17)11-10-18-25(22,23)13-14-5-2-1-3-6-14/h1-9,12,18H,10-11,13H2. The molecule has 7 nitrogen and oxygen atoms in total. The van der Waals surface area contributed by atoms with Gasteiger partial charge in [-0.15, -0.1) is 0 Å². The van der Waals surface area contributed by atoms with E-state index in [9.17, 15) is 13.2 Å². The summed E-state index contributed by atoms with van der Waals surface area (Å²) in [4.78, 5) is 11.9. The Morgan fingerprint density at radius 2 is 1.84 bits per heavy atom. The van der Waals surface area contributed by atoms with Crippen LogP contribution in [0.2, 0.25) is 0 Å². The monoisotopic (exact) mass is 359 g/mol. The van der Waals surface area contributed by atoms with Crippen LogP contribution in [0.4, 0.5) is 0 Å². The molecule has 2 heterocycles. The van der Waals surface area contributed by atoms with Crippen molar-refractivity contribution in [2.75, 3.05) is 6.54 Å². The molecule has 1 N–H and O–H groups in total. The molecular formula is C17H17N3O4S. The molecule has 8 heteroatoms. The van der Waals surface area contributed by atoms with Crippen molar-refractivity contribution in [2.45, 2.75) is 12.3 Å². The number of benzene rings is 1. The van der Waals surface area contributed by atoms with Crippen LogP contribution in [0.3, 0.4) is 0 Å². The largest absolute Gasteiger partial charge is 0.463 e. The molecule has 0 bridgehead atoms. The number of sulfonamides is 1. The van der Waals surface area contributed by atoms with Crippen LogP contribution >= 0.6 is 0 Å². The molecule has 3 rings (SSSR count). The molecule has 0 radical (unpaired) electrons. The van der Waals surface area contributed by atoms with Crippen molar-refractivity contribution in [3.05, 3.63) is 76.8 Å². The van der Waals surface area contributed by atoms with Gasteiger partial charge in [-0.1, -0.05) is 30.3 Å². The minimum absolute atomic E-state index is 0.0731. The third-order valence-electron chi connectivity index (χ3n) is 3.49. The predicted molar refractivity (Wildman–Crippen MR) is 93.3 cm³/mol. The topological polar surface area (TPSA) is 94.2 Å². The number of nitrogens with zero attached hydrogens (tertiary/aromatic N) is 2. The number of nitrogens with one attached hydrogen (secondary N) is 1. The SMILES string of the molecule is O=c1ccc(-c2ccco2)nn1CCNS(=O)(=O)Cc1ccccc1. The van der Waals surface area contributed by atoms with Crippen LogP contribution in [0.5, 0.6) is 0 Å². The first-order chi connectivity index (χ1) is 12.0. The lowest BCUT2D eigenvalue weighted by molar-refractivity contribution is 0.539. The Balaban J connectivity index is 1.64. The second-order valence-electron chi connectivity index (χ2n) is 5.40. The van der Waals surface area contributed by atoms with E-state index in [4.69, 9.17) is 4.42 Å². The van der Waals surface area contributed by atoms with E-state index in [1.807, 2.05) is 6.07 Å². The van der Waals surface area contributed by atoms with Crippen LogP contribution < -0.4 is 10.3 Å². The Bertz CT molecular complexity index is 980. The fourth-order valence-electron chi connectivity index (χ4n) is 2.32. The van der Waals surface area contributed by atoms with Gasteiger partial charge in [-0.25, -0.2) is 17.8 Å². The number of hydrogen-bond donors (Lipinski definition) is 1. The molecule has 0 aliphatic heterocycles. The Kier molecular flexibility index (Phi) is 5.11. The van der Waals surface area contributed by atoms with Crippen LogP contribution in [0.1, 0.15) is 5.56 Å². The Morgan fingerprint density at radius 1 is 1.04 bits per heavy atom. The van der Waals surface area contributed by atoms with Gasteiger partial charge in [-0.3, -0.25) is 4.79 Å². The zero-order chi connectivity index (χ0) is 17.7. The highest BCUT2D eigenvalue weighted by atomic mass is 32.2. The molecule has 3 aromatic rings. The van der Waals surface area contributed by atoms with Crippen molar-refractivity contribution < 1.29 is 12.8 Å². The summed E-state index contributed by atoms with van der Waals surface area (Å²) in [6, 6.07) is 15.3. The minimum Gasteiger partial charge on any atom is -0.463 e. The van der Waals surface area contributed by atoms with Crippen molar-refractivity contribution >= 4 is 10.0 Å². The second-order valence-corrected chi connectivity index (χ2v) is 7.20. The van der Waals surface area contributed by atoms with Crippen molar-refractivity contribution in [1.82, 2.24) is 14.5 Å². The highest BCUT2D eigenvalue weighted by molar-refractivity contribution is 7.88. The van der Waals surface area contributed by atoms with Crippen molar-refractivity contribution in [3.8, 4) is 11.5 Å². The summed E-state index contributed by atoms with van der Waals surface area (Å²) in [6.07, 6.45) is 1.52. The van der Waals surface area contributed by atoms with E-state index in [2.05, 4.69) is 9.82 Å². The first-order valence-electron chi connectivity index (χ1n) is 7.67. The summed E-state index contributed by atoms with van der Waals surface area (Å²) in [5, 5.41) is 4.19. The van der Waals surface area contributed by atoms with Crippen molar-refractivity contribution in [1.29, 1.82) is 0 Å². The Morgan fingerprint density at radius 3 is 2.56 bits per heavy atom.